The first-order valence-corrected chi connectivity index (χ1v) is 5.02. The van der Waals surface area contributed by atoms with Gasteiger partial charge in [0.1, 0.15) is 5.78 Å². The van der Waals surface area contributed by atoms with Gasteiger partial charge in [0.25, 0.3) is 0 Å². The number of carbonyl (C=O) groups is 2. The van der Waals surface area contributed by atoms with E-state index in [2.05, 4.69) is 6.92 Å². The zero-order valence-corrected chi connectivity index (χ0v) is 12.0. The molecule has 96 valence electrons. The van der Waals surface area contributed by atoms with E-state index in [0.29, 0.717) is 13.2 Å². The van der Waals surface area contributed by atoms with Crippen molar-refractivity contribution >= 4 is 11.6 Å². The molecule has 2 N–H and O–H groups in total. The second-order valence-corrected chi connectivity index (χ2v) is 2.86. The fourth-order valence-electron chi connectivity index (χ4n) is 0.278. The smallest absolute Gasteiger partial charge is 0.134 e. The molecule has 4 nitrogen and oxygen atoms in total. The van der Waals surface area contributed by atoms with Gasteiger partial charge in [0, 0.05) is 47.1 Å². The molecular weight excluding hydrogens is 244 g/mol. The molecule has 0 bridgehead atoms. The maximum atomic E-state index is 9.99. The van der Waals surface area contributed by atoms with Crippen LogP contribution in [-0.2, 0) is 31.3 Å². The Hall–Kier alpha value is -0.156. The van der Waals surface area contributed by atoms with Crippen molar-refractivity contribution in [2.24, 2.45) is 0 Å². The summed E-state index contributed by atoms with van der Waals surface area (Å²) in [7, 11) is 0. The summed E-state index contributed by atoms with van der Waals surface area (Å²) < 4.78 is 0. The van der Waals surface area contributed by atoms with Crippen molar-refractivity contribution in [1.82, 2.24) is 0 Å². The molecule has 0 aromatic heterocycles. The molecule has 0 unspecified atom stereocenters. The summed E-state index contributed by atoms with van der Waals surface area (Å²) in [6.45, 7) is 8.88. The van der Waals surface area contributed by atoms with Crippen LogP contribution in [0.2, 0.25) is 0 Å². The summed E-state index contributed by atoms with van der Waals surface area (Å²) in [6.07, 6.45) is 1.72. The normalized spacial score (nSPS) is 7.31. The van der Waals surface area contributed by atoms with Gasteiger partial charge in [0.05, 0.1) is 0 Å². The molecule has 16 heavy (non-hydrogen) atoms. The van der Waals surface area contributed by atoms with Crippen LogP contribution in [0.3, 0.4) is 0 Å². The van der Waals surface area contributed by atoms with Gasteiger partial charge in [-0.25, -0.2) is 0 Å². The van der Waals surface area contributed by atoms with Gasteiger partial charge in [-0.1, -0.05) is 13.8 Å². The molecule has 0 aliphatic rings. The van der Waals surface area contributed by atoms with E-state index < -0.39 is 0 Å². The zero-order valence-electron chi connectivity index (χ0n) is 10.5. The number of Topliss-reactive ketones (excluding diaryl/α,β-unsaturated/α-hetero) is 2. The van der Waals surface area contributed by atoms with E-state index in [4.69, 9.17) is 10.2 Å². The Kier molecular flexibility index (Phi) is 37.6. The average Bonchev–Trinajstić information content (AvgIpc) is 2.16. The molecule has 0 atom stereocenters. The van der Waals surface area contributed by atoms with Crippen LogP contribution >= 0.6 is 0 Å². The molecule has 0 saturated heterocycles. The Bertz CT molecular complexity index is 129. The summed E-state index contributed by atoms with van der Waals surface area (Å²) in [5.41, 5.74) is 0. The molecule has 0 heterocycles. The number of aliphatic hydroxyl groups is 2. The van der Waals surface area contributed by atoms with Gasteiger partial charge in [-0.05, 0) is 19.8 Å². The first-order valence-electron chi connectivity index (χ1n) is 5.02. The number of hydrogen-bond donors (Lipinski definition) is 2. The van der Waals surface area contributed by atoms with Crippen molar-refractivity contribution in [3.63, 3.8) is 0 Å². The van der Waals surface area contributed by atoms with E-state index in [1.807, 2.05) is 13.8 Å². The van der Waals surface area contributed by atoms with Crippen molar-refractivity contribution in [3.8, 4) is 0 Å². The van der Waals surface area contributed by atoms with Gasteiger partial charge in [-0.15, -0.1) is 0 Å². The molecule has 0 saturated carbocycles. The van der Waals surface area contributed by atoms with E-state index in [-0.39, 0.29) is 39.7 Å². The topological polar surface area (TPSA) is 74.6 Å². The van der Waals surface area contributed by atoms with Crippen molar-refractivity contribution in [2.45, 2.75) is 40.0 Å². The molecule has 5 heteroatoms. The number of hydrogen-bond acceptors (Lipinski definition) is 4. The van der Waals surface area contributed by atoms with Crippen LogP contribution in [0.25, 0.3) is 0 Å². The van der Waals surface area contributed by atoms with E-state index in [9.17, 15) is 9.59 Å². The predicted octanol–water partition coefficient (Wildman–Crippen LogP) is 1.14. The maximum Gasteiger partial charge on any atom is 0.134 e. The second kappa shape index (κ2) is 24.2. The van der Waals surface area contributed by atoms with Crippen LogP contribution in [0.4, 0.5) is 0 Å². The Labute approximate surface area is 113 Å². The van der Waals surface area contributed by atoms with Crippen molar-refractivity contribution in [1.29, 1.82) is 0 Å². The zero-order chi connectivity index (χ0) is 12.7. The number of aliphatic hydroxyl groups excluding tert-OH is 2. The molecule has 0 radical (unpaired) electrons. The first-order chi connectivity index (χ1) is 6.95. The molecule has 0 rings (SSSR count). The Balaban J connectivity index is -0.0000000700. The summed E-state index contributed by atoms with van der Waals surface area (Å²) in [4.78, 5) is 19.9. The van der Waals surface area contributed by atoms with Crippen LogP contribution in [0.15, 0.2) is 0 Å². The van der Waals surface area contributed by atoms with Gasteiger partial charge < -0.3 is 21.9 Å². The minimum absolute atomic E-state index is 0. The van der Waals surface area contributed by atoms with Gasteiger partial charge in [-0.2, -0.15) is 0 Å². The van der Waals surface area contributed by atoms with Crippen LogP contribution in [0, 0.1) is 6.92 Å². The Morgan fingerprint density at radius 1 is 1.06 bits per heavy atom. The fourth-order valence-corrected chi connectivity index (χ4v) is 0.278. The number of carbonyl (C=O) groups excluding carboxylic acids is 2. The van der Waals surface area contributed by atoms with E-state index >= 15 is 0 Å². The summed E-state index contributed by atoms with van der Waals surface area (Å²) in [6, 6.07) is 0. The maximum absolute atomic E-state index is 9.99. The summed E-state index contributed by atoms with van der Waals surface area (Å²) >= 11 is 0. The quantitative estimate of drug-likeness (QED) is 0.455. The third kappa shape index (κ3) is 66.9. The van der Waals surface area contributed by atoms with Crippen molar-refractivity contribution in [2.75, 3.05) is 13.2 Å². The van der Waals surface area contributed by atoms with E-state index in [1.54, 1.807) is 0 Å². The van der Waals surface area contributed by atoms with Crippen molar-refractivity contribution < 1.29 is 41.5 Å². The summed E-state index contributed by atoms with van der Waals surface area (Å²) in [5, 5.41) is 15.8. The predicted molar refractivity (Wildman–Crippen MR) is 60.4 cm³/mol. The van der Waals surface area contributed by atoms with E-state index in [0.717, 1.165) is 12.8 Å². The minimum atomic E-state index is -0.312. The van der Waals surface area contributed by atoms with Gasteiger partial charge in [0.2, 0.25) is 0 Å². The standard InChI is InChI=1S/C5H7O2.2C3H8O.Ti/c1-4(6)3-5(2)7;2*1-2-3-4;/h1,3H2,2H3;2*4H,2-3H2,1H3;/q-1;;;. The minimum Gasteiger partial charge on any atom is -0.396 e. The van der Waals surface area contributed by atoms with E-state index in [1.165, 1.54) is 6.92 Å². The molecule has 0 spiro atoms. The van der Waals surface area contributed by atoms with Gasteiger partial charge in [-0.3, -0.25) is 4.79 Å². The molecule has 0 aromatic rings. The molecular formula is C11H23O4Ti-. The second-order valence-electron chi connectivity index (χ2n) is 2.86. The average molecular weight is 267 g/mol. The monoisotopic (exact) mass is 267 g/mol. The number of ketones is 2. The molecule has 0 fully saturated rings. The first kappa shape index (κ1) is 24.9. The largest absolute Gasteiger partial charge is 0.396 e. The number of rotatable bonds is 4. The van der Waals surface area contributed by atoms with Crippen LogP contribution in [-0.4, -0.2) is 35.0 Å². The molecule has 0 aliphatic heterocycles. The Morgan fingerprint density at radius 3 is 1.31 bits per heavy atom. The van der Waals surface area contributed by atoms with Crippen LogP contribution in [0.1, 0.15) is 40.0 Å². The van der Waals surface area contributed by atoms with Crippen molar-refractivity contribution in [3.05, 3.63) is 6.92 Å². The molecule has 0 aromatic carbocycles. The van der Waals surface area contributed by atoms with Crippen LogP contribution in [0.5, 0.6) is 0 Å². The molecule has 0 amide bonds. The summed E-state index contributed by atoms with van der Waals surface area (Å²) in [5.74, 6) is -0.437. The Morgan fingerprint density at radius 2 is 1.31 bits per heavy atom. The van der Waals surface area contributed by atoms with Gasteiger partial charge in [0.15, 0.2) is 0 Å². The van der Waals surface area contributed by atoms with Gasteiger partial charge >= 0.3 is 0 Å². The SMILES string of the molecule is CCCO.CCCO.[CH2-]C(=O)CC(C)=O.[Ti]. The third-order valence-electron chi connectivity index (χ3n) is 0.893. The molecule has 0 aliphatic carbocycles. The van der Waals surface area contributed by atoms with Crippen LogP contribution < -0.4 is 0 Å². The fraction of sp³-hybridized carbons (Fsp3) is 0.727. The third-order valence-corrected chi connectivity index (χ3v) is 0.893.